The molecule has 3 aromatic carbocycles. The van der Waals surface area contributed by atoms with E-state index in [1.54, 1.807) is 15.7 Å². The number of hydrogen-bond donors (Lipinski definition) is 1. The predicted octanol–water partition coefficient (Wildman–Crippen LogP) is 4.82. The van der Waals surface area contributed by atoms with Crippen molar-refractivity contribution in [2.24, 2.45) is 7.05 Å². The summed E-state index contributed by atoms with van der Waals surface area (Å²) in [6.07, 6.45) is 2.86. The summed E-state index contributed by atoms with van der Waals surface area (Å²) in [4.78, 5) is 32.7. The number of rotatable bonds is 8. The van der Waals surface area contributed by atoms with Gasteiger partial charge in [0.25, 0.3) is 11.8 Å². The lowest BCUT2D eigenvalue weighted by atomic mass is 10.0. The molecule has 5 aromatic rings. The number of nitrogens with one attached hydrogen (secondary N) is 1. The van der Waals surface area contributed by atoms with Gasteiger partial charge in [0.2, 0.25) is 0 Å². The smallest absolute Gasteiger partial charge is 0.287 e. The van der Waals surface area contributed by atoms with E-state index in [0.717, 1.165) is 22.0 Å². The highest BCUT2D eigenvalue weighted by molar-refractivity contribution is 6.06. The molecule has 0 saturated carbocycles. The van der Waals surface area contributed by atoms with E-state index < -0.39 is 0 Å². The maximum Gasteiger partial charge on any atom is 0.287 e. The molecule has 2 heterocycles. The van der Waals surface area contributed by atoms with Gasteiger partial charge in [0.1, 0.15) is 5.58 Å². The van der Waals surface area contributed by atoms with Gasteiger partial charge in [-0.3, -0.25) is 9.59 Å². The van der Waals surface area contributed by atoms with Gasteiger partial charge in [0.15, 0.2) is 5.82 Å². The van der Waals surface area contributed by atoms with Gasteiger partial charge >= 0.3 is 0 Å². The standard InChI is InChI=1S/C29H28N4O3/c1-32(29(35)23-11-8-14-26-22(23)16-18-36-26)21(19-20-9-4-3-5-10-20)15-17-30-28(34)27-31-24-12-6-7-13-25(24)33(27)2/h3-14,16,18,21H,15,17,19H2,1-2H3,(H,30,34). The van der Waals surface area contributed by atoms with Crippen LogP contribution in [0, 0.1) is 0 Å². The molecule has 0 radical (unpaired) electrons. The molecule has 7 heteroatoms. The number of imidazole rings is 1. The summed E-state index contributed by atoms with van der Waals surface area (Å²) in [7, 11) is 3.66. The lowest BCUT2D eigenvalue weighted by molar-refractivity contribution is 0.0724. The van der Waals surface area contributed by atoms with Crippen LogP contribution in [-0.2, 0) is 13.5 Å². The normalized spacial score (nSPS) is 12.1. The first-order valence-electron chi connectivity index (χ1n) is 12.0. The van der Waals surface area contributed by atoms with Crippen LogP contribution in [0.1, 0.15) is 33.0 Å². The SMILES string of the molecule is CN(C(=O)c1cccc2occc12)C(CCNC(=O)c1nc2ccccc2n1C)Cc1ccccc1. The van der Waals surface area contributed by atoms with Crippen molar-refractivity contribution in [2.45, 2.75) is 18.9 Å². The fourth-order valence-electron chi connectivity index (χ4n) is 4.64. The van der Waals surface area contributed by atoms with Gasteiger partial charge < -0.3 is 19.2 Å². The summed E-state index contributed by atoms with van der Waals surface area (Å²) < 4.78 is 7.28. The first kappa shape index (κ1) is 23.4. The molecule has 1 unspecified atom stereocenters. The molecule has 0 saturated heterocycles. The number of hydrogen-bond acceptors (Lipinski definition) is 4. The van der Waals surface area contributed by atoms with Gasteiger partial charge in [-0.05, 0) is 48.7 Å². The summed E-state index contributed by atoms with van der Waals surface area (Å²) in [5.41, 5.74) is 4.11. The Labute approximate surface area is 209 Å². The lowest BCUT2D eigenvalue weighted by Gasteiger charge is -2.29. The van der Waals surface area contributed by atoms with Crippen LogP contribution < -0.4 is 5.32 Å². The maximum absolute atomic E-state index is 13.5. The molecule has 7 nitrogen and oxygen atoms in total. The van der Waals surface area contributed by atoms with Crippen molar-refractivity contribution in [3.05, 3.63) is 102 Å². The van der Waals surface area contributed by atoms with Gasteiger partial charge in [-0.2, -0.15) is 0 Å². The molecule has 0 aliphatic heterocycles. The number of aryl methyl sites for hydroxylation is 1. The molecule has 0 bridgehead atoms. The Balaban J connectivity index is 1.32. The third kappa shape index (κ3) is 4.60. The van der Waals surface area contributed by atoms with E-state index in [4.69, 9.17) is 4.42 Å². The Morgan fingerprint density at radius 2 is 1.78 bits per heavy atom. The fraction of sp³-hybridized carbons (Fsp3) is 0.207. The highest BCUT2D eigenvalue weighted by Gasteiger charge is 2.24. The van der Waals surface area contributed by atoms with Gasteiger partial charge in [0, 0.05) is 32.1 Å². The van der Waals surface area contributed by atoms with Gasteiger partial charge in [-0.1, -0.05) is 48.5 Å². The number of amides is 2. The highest BCUT2D eigenvalue weighted by atomic mass is 16.3. The summed E-state index contributed by atoms with van der Waals surface area (Å²) in [6, 6.07) is 24.9. The van der Waals surface area contributed by atoms with E-state index in [2.05, 4.69) is 22.4 Å². The zero-order valence-electron chi connectivity index (χ0n) is 20.3. The molecule has 182 valence electrons. The van der Waals surface area contributed by atoms with Crippen molar-refractivity contribution < 1.29 is 14.0 Å². The predicted molar refractivity (Wildman–Crippen MR) is 140 cm³/mol. The molecule has 0 fully saturated rings. The third-order valence-electron chi connectivity index (χ3n) is 6.66. The number of para-hydroxylation sites is 2. The largest absolute Gasteiger partial charge is 0.464 e. The van der Waals surface area contributed by atoms with Crippen molar-refractivity contribution in [3.8, 4) is 0 Å². The van der Waals surface area contributed by atoms with E-state index in [9.17, 15) is 9.59 Å². The van der Waals surface area contributed by atoms with Crippen LogP contribution in [0.5, 0.6) is 0 Å². The quantitative estimate of drug-likeness (QED) is 0.345. The Hall–Kier alpha value is -4.39. The number of carbonyl (C=O) groups excluding carboxylic acids is 2. The number of furan rings is 1. The molecule has 0 aliphatic carbocycles. The Morgan fingerprint density at radius 3 is 2.58 bits per heavy atom. The molecule has 1 N–H and O–H groups in total. The molecule has 5 rings (SSSR count). The molecule has 36 heavy (non-hydrogen) atoms. The first-order chi connectivity index (χ1) is 17.5. The summed E-state index contributed by atoms with van der Waals surface area (Å²) in [5.74, 6) is 0.0563. The van der Waals surface area contributed by atoms with Crippen molar-refractivity contribution >= 4 is 33.8 Å². The average Bonchev–Trinajstić information content (AvgIpc) is 3.52. The van der Waals surface area contributed by atoms with Crippen molar-refractivity contribution in [1.29, 1.82) is 0 Å². The van der Waals surface area contributed by atoms with Crippen molar-refractivity contribution in [3.63, 3.8) is 0 Å². The van der Waals surface area contributed by atoms with Crippen LogP contribution in [-0.4, -0.2) is 45.9 Å². The van der Waals surface area contributed by atoms with E-state index in [1.165, 1.54) is 0 Å². The molecule has 0 spiro atoms. The monoisotopic (exact) mass is 480 g/mol. The molecular weight excluding hydrogens is 452 g/mol. The number of likely N-dealkylation sites (N-methyl/N-ethyl adjacent to an activating group) is 1. The topological polar surface area (TPSA) is 80.4 Å². The van der Waals surface area contributed by atoms with Crippen LogP contribution >= 0.6 is 0 Å². The van der Waals surface area contributed by atoms with Gasteiger partial charge in [-0.25, -0.2) is 4.98 Å². The Kier molecular flexibility index (Phi) is 6.54. The summed E-state index contributed by atoms with van der Waals surface area (Å²) >= 11 is 0. The second kappa shape index (κ2) is 10.1. The highest BCUT2D eigenvalue weighted by Crippen LogP contribution is 2.23. The number of benzene rings is 3. The third-order valence-corrected chi connectivity index (χ3v) is 6.66. The molecule has 1 atom stereocenters. The average molecular weight is 481 g/mol. The van der Waals surface area contributed by atoms with E-state index in [-0.39, 0.29) is 17.9 Å². The van der Waals surface area contributed by atoms with Crippen LogP contribution in [0.2, 0.25) is 0 Å². The lowest BCUT2D eigenvalue weighted by Crippen LogP contribution is -2.41. The first-order valence-corrected chi connectivity index (χ1v) is 12.0. The second-order valence-electron chi connectivity index (χ2n) is 8.93. The van der Waals surface area contributed by atoms with Crippen LogP contribution in [0.15, 0.2) is 89.5 Å². The molecule has 2 aromatic heterocycles. The molecule has 0 aliphatic rings. The van der Waals surface area contributed by atoms with Gasteiger partial charge in [-0.15, -0.1) is 0 Å². The molecule has 2 amide bonds. The van der Waals surface area contributed by atoms with Crippen LogP contribution in [0.3, 0.4) is 0 Å². The Morgan fingerprint density at radius 1 is 1.00 bits per heavy atom. The van der Waals surface area contributed by atoms with Crippen molar-refractivity contribution in [1.82, 2.24) is 19.8 Å². The minimum atomic E-state index is -0.232. The summed E-state index contributed by atoms with van der Waals surface area (Å²) in [6.45, 7) is 0.410. The van der Waals surface area contributed by atoms with E-state index >= 15 is 0 Å². The zero-order chi connectivity index (χ0) is 25.1. The second-order valence-corrected chi connectivity index (χ2v) is 8.93. The minimum Gasteiger partial charge on any atom is -0.464 e. The van der Waals surface area contributed by atoms with Crippen molar-refractivity contribution in [2.75, 3.05) is 13.6 Å². The summed E-state index contributed by atoms with van der Waals surface area (Å²) in [5, 5.41) is 3.80. The maximum atomic E-state index is 13.5. The van der Waals surface area contributed by atoms with E-state index in [0.29, 0.717) is 36.4 Å². The number of fused-ring (bicyclic) bond motifs is 2. The number of nitrogens with zero attached hydrogens (tertiary/aromatic N) is 3. The van der Waals surface area contributed by atoms with E-state index in [1.807, 2.05) is 80.8 Å². The minimum absolute atomic E-state index is 0.0791. The van der Waals surface area contributed by atoms with Crippen LogP contribution in [0.25, 0.3) is 22.0 Å². The van der Waals surface area contributed by atoms with Crippen LogP contribution in [0.4, 0.5) is 0 Å². The van der Waals surface area contributed by atoms with Gasteiger partial charge in [0.05, 0.1) is 22.9 Å². The number of aromatic nitrogens is 2. The fourth-order valence-corrected chi connectivity index (χ4v) is 4.64. The molecular formula is C29H28N4O3. The number of carbonyl (C=O) groups is 2. The Bertz CT molecular complexity index is 1520. The zero-order valence-corrected chi connectivity index (χ0v) is 20.3.